The summed E-state index contributed by atoms with van der Waals surface area (Å²) in [4.78, 5) is 2.98. The maximum atomic E-state index is 5.87. The minimum absolute atomic E-state index is 0.454. The largest absolute Gasteiger partial charge is 0.389 e. The van der Waals surface area contributed by atoms with Crippen molar-refractivity contribution >= 4 is 17.2 Å². The molecule has 1 aromatic rings. The summed E-state index contributed by atoms with van der Waals surface area (Å²) in [5, 5.41) is 0. The topological polar surface area (TPSA) is 38.5 Å². The molecule has 3 rings (SSSR count). The van der Waals surface area contributed by atoms with Gasteiger partial charge in [0.15, 0.2) is 0 Å². The molecule has 0 aromatic heterocycles. The number of nitrogens with two attached hydrogens (primary N) is 1. The number of morpholine rings is 1. The molecular weight excluding hydrogens is 256 g/mol. The highest BCUT2D eigenvalue weighted by Crippen LogP contribution is 2.27. The molecule has 2 unspecified atom stereocenters. The predicted molar refractivity (Wildman–Crippen MR) is 80.2 cm³/mol. The Balaban J connectivity index is 1.71. The zero-order valence-electron chi connectivity index (χ0n) is 11.3. The number of thiocarbonyl (C=S) groups is 1. The third kappa shape index (κ3) is 2.81. The van der Waals surface area contributed by atoms with E-state index in [1.54, 1.807) is 0 Å². The van der Waals surface area contributed by atoms with Crippen LogP contribution in [0.2, 0.25) is 0 Å². The monoisotopic (exact) mass is 276 g/mol. The van der Waals surface area contributed by atoms with Crippen molar-refractivity contribution in [3.8, 4) is 0 Å². The maximum absolute atomic E-state index is 5.87. The molecule has 1 aromatic carbocycles. The Morgan fingerprint density at radius 1 is 1.37 bits per heavy atom. The van der Waals surface area contributed by atoms with Crippen molar-refractivity contribution in [3.63, 3.8) is 0 Å². The minimum atomic E-state index is 0.454. The standard InChI is InChI=1S/C15H20N2OS/c1-10-6-11(15(16)19)2-3-12(10)7-17-8-13-4-5-14(9-17)18-13/h2-3,6,13-14H,4-5,7-9H2,1H3,(H2,16,19). The smallest absolute Gasteiger partial charge is 0.103 e. The van der Waals surface area contributed by atoms with Crippen molar-refractivity contribution in [3.05, 3.63) is 34.9 Å². The van der Waals surface area contributed by atoms with E-state index in [4.69, 9.17) is 22.7 Å². The van der Waals surface area contributed by atoms with Gasteiger partial charge in [0.05, 0.1) is 12.2 Å². The summed E-state index contributed by atoms with van der Waals surface area (Å²) in [6, 6.07) is 6.27. The van der Waals surface area contributed by atoms with Gasteiger partial charge in [-0.25, -0.2) is 0 Å². The van der Waals surface area contributed by atoms with Gasteiger partial charge in [0.2, 0.25) is 0 Å². The Kier molecular flexibility index (Phi) is 3.56. The van der Waals surface area contributed by atoms with Gasteiger partial charge in [0.25, 0.3) is 0 Å². The first-order valence-corrected chi connectivity index (χ1v) is 7.30. The summed E-state index contributed by atoms with van der Waals surface area (Å²) in [7, 11) is 0. The first-order valence-electron chi connectivity index (χ1n) is 6.89. The fourth-order valence-corrected chi connectivity index (χ4v) is 3.22. The van der Waals surface area contributed by atoms with Crippen molar-refractivity contribution in [2.45, 2.75) is 38.5 Å². The molecule has 4 heteroatoms. The van der Waals surface area contributed by atoms with E-state index in [1.165, 1.54) is 24.0 Å². The van der Waals surface area contributed by atoms with E-state index in [1.807, 2.05) is 6.07 Å². The van der Waals surface area contributed by atoms with Crippen LogP contribution in [0.5, 0.6) is 0 Å². The summed E-state index contributed by atoms with van der Waals surface area (Å²) in [5.41, 5.74) is 9.25. The number of nitrogens with zero attached hydrogens (tertiary/aromatic N) is 1. The molecule has 0 aliphatic carbocycles. The fraction of sp³-hybridized carbons (Fsp3) is 0.533. The molecule has 2 fully saturated rings. The summed E-state index contributed by atoms with van der Waals surface area (Å²) >= 11 is 5.02. The van der Waals surface area contributed by atoms with Crippen LogP contribution < -0.4 is 5.73 Å². The van der Waals surface area contributed by atoms with Gasteiger partial charge < -0.3 is 10.5 Å². The molecule has 2 atom stereocenters. The molecule has 2 N–H and O–H groups in total. The van der Waals surface area contributed by atoms with Crippen LogP contribution in [0.3, 0.4) is 0 Å². The van der Waals surface area contributed by atoms with Crippen LogP contribution in [0.1, 0.15) is 29.5 Å². The lowest BCUT2D eigenvalue weighted by Crippen LogP contribution is -2.42. The van der Waals surface area contributed by atoms with Gasteiger partial charge in [-0.2, -0.15) is 0 Å². The van der Waals surface area contributed by atoms with Gasteiger partial charge in [-0.1, -0.05) is 24.4 Å². The summed E-state index contributed by atoms with van der Waals surface area (Å²) in [6.07, 6.45) is 3.35. The molecule has 2 bridgehead atoms. The number of ether oxygens (including phenoxy) is 1. The van der Waals surface area contributed by atoms with Gasteiger partial charge in [-0.15, -0.1) is 0 Å². The van der Waals surface area contributed by atoms with Gasteiger partial charge in [-0.05, 0) is 37.0 Å². The van der Waals surface area contributed by atoms with Crippen LogP contribution in [0.15, 0.2) is 18.2 Å². The Morgan fingerprint density at radius 3 is 2.63 bits per heavy atom. The molecule has 2 aliphatic rings. The predicted octanol–water partition coefficient (Wildman–Crippen LogP) is 1.99. The van der Waals surface area contributed by atoms with Gasteiger partial charge in [-0.3, -0.25) is 4.90 Å². The molecule has 3 nitrogen and oxygen atoms in total. The summed E-state index contributed by atoms with van der Waals surface area (Å²) < 4.78 is 5.87. The molecule has 19 heavy (non-hydrogen) atoms. The van der Waals surface area contributed by atoms with E-state index in [9.17, 15) is 0 Å². The second-order valence-electron chi connectivity index (χ2n) is 5.66. The second-order valence-corrected chi connectivity index (χ2v) is 6.10. The van der Waals surface area contributed by atoms with Crippen molar-refractivity contribution in [1.29, 1.82) is 0 Å². The first kappa shape index (κ1) is 13.0. The second kappa shape index (κ2) is 5.19. The van der Waals surface area contributed by atoms with Crippen LogP contribution >= 0.6 is 12.2 Å². The summed E-state index contributed by atoms with van der Waals surface area (Å²) in [5.74, 6) is 0. The molecule has 102 valence electrons. The number of likely N-dealkylation sites (tertiary alicyclic amines) is 1. The number of fused-ring (bicyclic) bond motifs is 2. The third-order valence-electron chi connectivity index (χ3n) is 4.14. The highest BCUT2D eigenvalue weighted by Gasteiger charge is 2.33. The van der Waals surface area contributed by atoms with Crippen LogP contribution in [-0.2, 0) is 11.3 Å². The van der Waals surface area contributed by atoms with Gasteiger partial charge >= 0.3 is 0 Å². The van der Waals surface area contributed by atoms with E-state index < -0.39 is 0 Å². The molecule has 0 radical (unpaired) electrons. The lowest BCUT2D eigenvalue weighted by molar-refractivity contribution is -0.0411. The zero-order valence-corrected chi connectivity index (χ0v) is 12.1. The number of hydrogen-bond donors (Lipinski definition) is 1. The van der Waals surface area contributed by atoms with Crippen molar-refractivity contribution in [1.82, 2.24) is 4.90 Å². The minimum Gasteiger partial charge on any atom is -0.389 e. The Bertz CT molecular complexity index is 491. The molecule has 0 amide bonds. The number of hydrogen-bond acceptors (Lipinski definition) is 3. The average Bonchev–Trinajstić information content (AvgIpc) is 2.71. The van der Waals surface area contributed by atoms with Crippen LogP contribution in [0.25, 0.3) is 0 Å². The molecular formula is C15H20N2OS. The first-order chi connectivity index (χ1) is 9.11. The van der Waals surface area contributed by atoms with Crippen molar-refractivity contribution in [2.24, 2.45) is 5.73 Å². The van der Waals surface area contributed by atoms with Crippen LogP contribution in [-0.4, -0.2) is 35.2 Å². The molecule has 2 aliphatic heterocycles. The molecule has 2 saturated heterocycles. The Hall–Kier alpha value is -0.970. The third-order valence-corrected chi connectivity index (χ3v) is 4.38. The van der Waals surface area contributed by atoms with Gasteiger partial charge in [0, 0.05) is 25.2 Å². The number of aryl methyl sites for hydroxylation is 1. The average molecular weight is 276 g/mol. The lowest BCUT2D eigenvalue weighted by Gasteiger charge is -2.32. The normalized spacial score (nSPS) is 26.6. The van der Waals surface area contributed by atoms with Crippen molar-refractivity contribution in [2.75, 3.05) is 13.1 Å². The lowest BCUT2D eigenvalue weighted by atomic mass is 10.0. The zero-order chi connectivity index (χ0) is 13.4. The highest BCUT2D eigenvalue weighted by atomic mass is 32.1. The highest BCUT2D eigenvalue weighted by molar-refractivity contribution is 7.80. The number of benzene rings is 1. The van der Waals surface area contributed by atoms with E-state index in [0.717, 1.165) is 25.2 Å². The maximum Gasteiger partial charge on any atom is 0.103 e. The Morgan fingerprint density at radius 2 is 2.05 bits per heavy atom. The van der Waals surface area contributed by atoms with E-state index in [0.29, 0.717) is 17.2 Å². The van der Waals surface area contributed by atoms with E-state index >= 15 is 0 Å². The Labute approximate surface area is 119 Å². The van der Waals surface area contributed by atoms with E-state index in [-0.39, 0.29) is 0 Å². The fourth-order valence-electron chi connectivity index (χ4n) is 3.10. The molecule has 0 spiro atoms. The SMILES string of the molecule is Cc1cc(C(N)=S)ccc1CN1CC2CCC(C1)O2. The van der Waals surface area contributed by atoms with Crippen molar-refractivity contribution < 1.29 is 4.74 Å². The summed E-state index contributed by atoms with van der Waals surface area (Å²) in [6.45, 7) is 5.26. The van der Waals surface area contributed by atoms with Crippen LogP contribution in [0.4, 0.5) is 0 Å². The van der Waals surface area contributed by atoms with Gasteiger partial charge in [0.1, 0.15) is 4.99 Å². The van der Waals surface area contributed by atoms with Crippen LogP contribution in [0, 0.1) is 6.92 Å². The van der Waals surface area contributed by atoms with E-state index in [2.05, 4.69) is 24.0 Å². The quantitative estimate of drug-likeness (QED) is 0.857. The molecule has 2 heterocycles. The molecule has 0 saturated carbocycles. The number of rotatable bonds is 3.